The Kier molecular flexibility index (Phi) is 9.54. The zero-order valence-corrected chi connectivity index (χ0v) is 16.3. The number of hydrogen-bond donors (Lipinski definition) is 0. The number of rotatable bonds is 8. The lowest BCUT2D eigenvalue weighted by Crippen LogP contribution is -2.14. The van der Waals surface area contributed by atoms with Gasteiger partial charge in [0.1, 0.15) is 0 Å². The summed E-state index contributed by atoms with van der Waals surface area (Å²) in [6, 6.07) is 0. The summed E-state index contributed by atoms with van der Waals surface area (Å²) in [4.78, 5) is 0. The van der Waals surface area contributed by atoms with Gasteiger partial charge in [0.25, 0.3) is 0 Å². The minimum absolute atomic E-state index is 0.864. The molecule has 0 N–H and O–H groups in total. The molecule has 0 aliphatic heterocycles. The van der Waals surface area contributed by atoms with Gasteiger partial charge in [-0.1, -0.05) is 62.1 Å². The molecule has 24 heavy (non-hydrogen) atoms. The van der Waals surface area contributed by atoms with Crippen molar-refractivity contribution < 1.29 is 0 Å². The summed E-state index contributed by atoms with van der Waals surface area (Å²) in [7, 11) is 0. The Morgan fingerprint density at radius 1 is 0.583 bits per heavy atom. The third-order valence-corrected chi connectivity index (χ3v) is 6.37. The van der Waals surface area contributed by atoms with E-state index in [9.17, 15) is 0 Å². The van der Waals surface area contributed by atoms with E-state index in [1.54, 1.807) is 0 Å². The molecule has 2 aliphatic rings. The quantitative estimate of drug-likeness (QED) is 0.398. The van der Waals surface area contributed by atoms with Crippen molar-refractivity contribution >= 4 is 0 Å². The van der Waals surface area contributed by atoms with Crippen LogP contribution in [0.15, 0.2) is 36.5 Å². The van der Waals surface area contributed by atoms with Crippen LogP contribution in [0.3, 0.4) is 0 Å². The molecule has 2 aliphatic carbocycles. The molecule has 0 aromatic rings. The normalized spacial score (nSPS) is 32.2. The van der Waals surface area contributed by atoms with E-state index in [-0.39, 0.29) is 0 Å². The zero-order valence-electron chi connectivity index (χ0n) is 16.3. The van der Waals surface area contributed by atoms with Crippen LogP contribution in [0.1, 0.15) is 90.9 Å². The maximum atomic E-state index is 2.55. The maximum absolute atomic E-state index is 2.55. The van der Waals surface area contributed by atoms with Gasteiger partial charge in [0.15, 0.2) is 0 Å². The van der Waals surface area contributed by atoms with E-state index in [1.807, 2.05) is 0 Å². The van der Waals surface area contributed by atoms with Crippen LogP contribution >= 0.6 is 0 Å². The van der Waals surface area contributed by atoms with Gasteiger partial charge in [-0.15, -0.1) is 0 Å². The molecule has 0 radical (unpaired) electrons. The van der Waals surface area contributed by atoms with Crippen molar-refractivity contribution in [3.63, 3.8) is 0 Å². The average molecular weight is 329 g/mol. The second-order valence-electron chi connectivity index (χ2n) is 8.24. The van der Waals surface area contributed by atoms with E-state index >= 15 is 0 Å². The second kappa shape index (κ2) is 11.7. The van der Waals surface area contributed by atoms with Crippen LogP contribution < -0.4 is 0 Å². The van der Waals surface area contributed by atoms with Crippen LogP contribution in [-0.4, -0.2) is 0 Å². The summed E-state index contributed by atoms with van der Waals surface area (Å²) in [6.45, 7) is 4.29. The Bertz CT molecular complexity index is 384. The molecule has 0 heteroatoms. The third kappa shape index (κ3) is 7.41. The first kappa shape index (κ1) is 19.5. The standard InChI is InChI=1S/C24H40/c1-3-5-6-10-22-17-19-24(20-18-22)12-8-7-11-23-15-13-21(9-4-2)14-16-23/h3-5,7,9,11,21-24H,6,8,10,12-20H2,1-2H3/t21-,22-,23-,24-. The zero-order chi connectivity index (χ0) is 17.0. The van der Waals surface area contributed by atoms with Crippen LogP contribution in [0.2, 0.25) is 0 Å². The Balaban J connectivity index is 1.54. The van der Waals surface area contributed by atoms with E-state index in [2.05, 4.69) is 50.3 Å². The van der Waals surface area contributed by atoms with Gasteiger partial charge in [0.2, 0.25) is 0 Å². The minimum atomic E-state index is 0.864. The highest BCUT2D eigenvalue weighted by atomic mass is 14.3. The highest BCUT2D eigenvalue weighted by Crippen LogP contribution is 2.34. The summed E-state index contributed by atoms with van der Waals surface area (Å²) in [6.07, 6.45) is 31.3. The number of allylic oxidation sites excluding steroid dienone is 6. The summed E-state index contributed by atoms with van der Waals surface area (Å²) < 4.78 is 0. The average Bonchev–Trinajstić information content (AvgIpc) is 2.62. The van der Waals surface area contributed by atoms with Gasteiger partial charge in [-0.3, -0.25) is 0 Å². The first-order chi connectivity index (χ1) is 11.8. The highest BCUT2D eigenvalue weighted by Gasteiger charge is 2.20. The van der Waals surface area contributed by atoms with E-state index in [1.165, 1.54) is 77.0 Å². The van der Waals surface area contributed by atoms with Crippen LogP contribution in [0.25, 0.3) is 0 Å². The van der Waals surface area contributed by atoms with Crippen molar-refractivity contribution in [1.82, 2.24) is 0 Å². The van der Waals surface area contributed by atoms with E-state index in [0.717, 1.165) is 23.7 Å². The van der Waals surface area contributed by atoms with Gasteiger partial charge in [-0.2, -0.15) is 0 Å². The second-order valence-corrected chi connectivity index (χ2v) is 8.24. The van der Waals surface area contributed by atoms with Gasteiger partial charge < -0.3 is 0 Å². The third-order valence-electron chi connectivity index (χ3n) is 6.37. The highest BCUT2D eigenvalue weighted by molar-refractivity contribution is 4.95. The van der Waals surface area contributed by atoms with Gasteiger partial charge in [0.05, 0.1) is 0 Å². The Hall–Kier alpha value is -0.780. The topological polar surface area (TPSA) is 0 Å². The van der Waals surface area contributed by atoms with E-state index in [4.69, 9.17) is 0 Å². The first-order valence-electron chi connectivity index (χ1n) is 10.7. The van der Waals surface area contributed by atoms with Crippen LogP contribution in [0.4, 0.5) is 0 Å². The lowest BCUT2D eigenvalue weighted by molar-refractivity contribution is 0.255. The van der Waals surface area contributed by atoms with Crippen LogP contribution in [-0.2, 0) is 0 Å². The lowest BCUT2D eigenvalue weighted by Gasteiger charge is -2.28. The smallest absolute Gasteiger partial charge is 0.0233 e. The lowest BCUT2D eigenvalue weighted by atomic mass is 9.78. The van der Waals surface area contributed by atoms with E-state index < -0.39 is 0 Å². The Morgan fingerprint density at radius 2 is 1.08 bits per heavy atom. The Labute approximate surface area is 151 Å². The largest absolute Gasteiger partial charge is 0.0917 e. The van der Waals surface area contributed by atoms with Crippen molar-refractivity contribution in [2.24, 2.45) is 23.7 Å². The fraction of sp³-hybridized carbons (Fsp3) is 0.750. The molecule has 0 saturated heterocycles. The predicted octanol–water partition coefficient (Wildman–Crippen LogP) is 7.87. The van der Waals surface area contributed by atoms with Crippen LogP contribution in [0.5, 0.6) is 0 Å². The molecule has 0 spiro atoms. The fourth-order valence-corrected chi connectivity index (χ4v) is 4.73. The molecule has 0 aromatic heterocycles. The molecule has 2 fully saturated rings. The fourth-order valence-electron chi connectivity index (χ4n) is 4.73. The molecule has 0 heterocycles. The molecule has 0 nitrogen and oxygen atoms in total. The van der Waals surface area contributed by atoms with Crippen LogP contribution in [0, 0.1) is 23.7 Å². The Morgan fingerprint density at radius 3 is 1.58 bits per heavy atom. The van der Waals surface area contributed by atoms with Crippen molar-refractivity contribution in [2.45, 2.75) is 90.9 Å². The summed E-state index contributed by atoms with van der Waals surface area (Å²) >= 11 is 0. The molecule has 2 saturated carbocycles. The SMILES string of the molecule is CC=CCC[C@H]1CC[C@H](CCC=C[C@H]2CC[C@H](C=CC)CC2)CC1. The van der Waals surface area contributed by atoms with Crippen molar-refractivity contribution in [2.75, 3.05) is 0 Å². The van der Waals surface area contributed by atoms with Gasteiger partial charge in [-0.05, 0) is 88.9 Å². The van der Waals surface area contributed by atoms with Crippen molar-refractivity contribution in [1.29, 1.82) is 0 Å². The van der Waals surface area contributed by atoms with Crippen molar-refractivity contribution in [3.05, 3.63) is 36.5 Å². The molecule has 0 bridgehead atoms. The maximum Gasteiger partial charge on any atom is -0.0233 e. The first-order valence-corrected chi connectivity index (χ1v) is 10.7. The summed E-state index contributed by atoms with van der Waals surface area (Å²) in [5.41, 5.74) is 0. The van der Waals surface area contributed by atoms with Gasteiger partial charge in [-0.25, -0.2) is 0 Å². The number of hydrogen-bond acceptors (Lipinski definition) is 0. The van der Waals surface area contributed by atoms with Gasteiger partial charge in [0, 0.05) is 0 Å². The molecule has 0 amide bonds. The summed E-state index contributed by atoms with van der Waals surface area (Å²) in [5, 5.41) is 0. The molecule has 0 aromatic carbocycles. The molecular weight excluding hydrogens is 288 g/mol. The van der Waals surface area contributed by atoms with E-state index in [0.29, 0.717) is 0 Å². The molecule has 2 rings (SSSR count). The van der Waals surface area contributed by atoms with Crippen molar-refractivity contribution in [3.8, 4) is 0 Å². The van der Waals surface area contributed by atoms with Gasteiger partial charge >= 0.3 is 0 Å². The summed E-state index contributed by atoms with van der Waals surface area (Å²) in [5.74, 6) is 3.76. The molecule has 136 valence electrons. The molecule has 0 unspecified atom stereocenters. The predicted molar refractivity (Wildman–Crippen MR) is 108 cm³/mol. The minimum Gasteiger partial charge on any atom is -0.0917 e. The monoisotopic (exact) mass is 328 g/mol. The molecule has 0 atom stereocenters. The molecular formula is C24H40.